The first-order chi connectivity index (χ1) is 11.0. The van der Waals surface area contributed by atoms with E-state index in [-0.39, 0.29) is 24.2 Å². The third kappa shape index (κ3) is 3.54. The number of benzene rings is 1. The van der Waals surface area contributed by atoms with Crippen LogP contribution in [0.25, 0.3) is 0 Å². The van der Waals surface area contributed by atoms with Crippen molar-refractivity contribution in [2.24, 2.45) is 11.8 Å². The standard InChI is InChI=1S/C18H22FNO3/c19-14-7-5-13(6-8-14)15-10-20(11-16(15)18(22)23)17(21)9-12-3-1-2-4-12/h5-8,12,15-16H,1-4,9-11H2,(H,22,23)/t15-,16+/m0/s1. The van der Waals surface area contributed by atoms with Gasteiger partial charge in [0.1, 0.15) is 5.82 Å². The maximum absolute atomic E-state index is 13.1. The molecule has 1 aromatic carbocycles. The summed E-state index contributed by atoms with van der Waals surface area (Å²) in [6, 6.07) is 5.94. The van der Waals surface area contributed by atoms with E-state index in [0.29, 0.717) is 18.9 Å². The molecule has 5 heteroatoms. The molecule has 1 aliphatic carbocycles. The molecule has 0 aromatic heterocycles. The Hall–Kier alpha value is -1.91. The van der Waals surface area contributed by atoms with Crippen molar-refractivity contribution in [3.8, 4) is 0 Å². The van der Waals surface area contributed by atoms with Gasteiger partial charge >= 0.3 is 5.97 Å². The van der Waals surface area contributed by atoms with Crippen molar-refractivity contribution < 1.29 is 19.1 Å². The quantitative estimate of drug-likeness (QED) is 0.928. The van der Waals surface area contributed by atoms with Crippen LogP contribution >= 0.6 is 0 Å². The Balaban J connectivity index is 1.71. The van der Waals surface area contributed by atoms with E-state index in [1.54, 1.807) is 17.0 Å². The van der Waals surface area contributed by atoms with Crippen molar-refractivity contribution in [3.63, 3.8) is 0 Å². The molecule has 1 aliphatic heterocycles. The fourth-order valence-electron chi connectivity index (χ4n) is 3.90. The largest absolute Gasteiger partial charge is 0.481 e. The molecule has 1 saturated carbocycles. The SMILES string of the molecule is O=C(O)[C@@H]1CN(C(=O)CC2CCCC2)C[C@H]1c1ccc(F)cc1. The Morgan fingerprint density at radius 3 is 2.39 bits per heavy atom. The number of hydrogen-bond acceptors (Lipinski definition) is 2. The van der Waals surface area contributed by atoms with Gasteiger partial charge in [-0.3, -0.25) is 9.59 Å². The number of amides is 1. The van der Waals surface area contributed by atoms with Gasteiger partial charge in [-0.05, 0) is 36.5 Å². The highest BCUT2D eigenvalue weighted by atomic mass is 19.1. The lowest BCUT2D eigenvalue weighted by molar-refractivity contribution is -0.141. The first-order valence-corrected chi connectivity index (χ1v) is 8.30. The van der Waals surface area contributed by atoms with Crippen molar-refractivity contribution in [3.05, 3.63) is 35.6 Å². The van der Waals surface area contributed by atoms with Crippen LogP contribution in [0.2, 0.25) is 0 Å². The molecule has 2 atom stereocenters. The predicted octanol–water partition coefficient (Wildman–Crippen LogP) is 3.03. The van der Waals surface area contributed by atoms with Gasteiger partial charge in [0.05, 0.1) is 5.92 Å². The lowest BCUT2D eigenvalue weighted by atomic mass is 9.89. The predicted molar refractivity (Wildman–Crippen MR) is 83.4 cm³/mol. The van der Waals surface area contributed by atoms with Crippen molar-refractivity contribution in [2.75, 3.05) is 13.1 Å². The molecule has 0 spiro atoms. The zero-order valence-corrected chi connectivity index (χ0v) is 13.1. The molecule has 0 unspecified atom stereocenters. The molecule has 1 N–H and O–H groups in total. The second-order valence-electron chi connectivity index (χ2n) is 6.76. The first kappa shape index (κ1) is 16.0. The van der Waals surface area contributed by atoms with Crippen LogP contribution in [-0.4, -0.2) is 35.0 Å². The summed E-state index contributed by atoms with van der Waals surface area (Å²) in [5, 5.41) is 9.47. The van der Waals surface area contributed by atoms with E-state index < -0.39 is 11.9 Å². The van der Waals surface area contributed by atoms with Crippen molar-refractivity contribution in [1.29, 1.82) is 0 Å². The fraction of sp³-hybridized carbons (Fsp3) is 0.556. The third-order valence-corrected chi connectivity index (χ3v) is 5.23. The average Bonchev–Trinajstić information content (AvgIpc) is 3.17. The fourth-order valence-corrected chi connectivity index (χ4v) is 3.90. The Kier molecular flexibility index (Phi) is 4.64. The first-order valence-electron chi connectivity index (χ1n) is 8.30. The summed E-state index contributed by atoms with van der Waals surface area (Å²) in [7, 11) is 0. The molecule has 1 aromatic rings. The number of nitrogens with zero attached hydrogens (tertiary/aromatic N) is 1. The molecule has 0 bridgehead atoms. The van der Waals surface area contributed by atoms with E-state index in [1.807, 2.05) is 0 Å². The van der Waals surface area contributed by atoms with Gasteiger partial charge in [0.25, 0.3) is 0 Å². The zero-order valence-electron chi connectivity index (χ0n) is 13.1. The Morgan fingerprint density at radius 1 is 1.13 bits per heavy atom. The van der Waals surface area contributed by atoms with Crippen LogP contribution in [0.3, 0.4) is 0 Å². The van der Waals surface area contributed by atoms with Gasteiger partial charge in [0, 0.05) is 25.4 Å². The lowest BCUT2D eigenvalue weighted by Gasteiger charge is -2.18. The van der Waals surface area contributed by atoms with E-state index >= 15 is 0 Å². The molecule has 23 heavy (non-hydrogen) atoms. The summed E-state index contributed by atoms with van der Waals surface area (Å²) in [5.41, 5.74) is 0.787. The van der Waals surface area contributed by atoms with E-state index in [1.165, 1.54) is 25.0 Å². The number of rotatable bonds is 4. The molecule has 2 fully saturated rings. The highest BCUT2D eigenvalue weighted by Gasteiger charge is 2.40. The van der Waals surface area contributed by atoms with Crippen molar-refractivity contribution in [1.82, 2.24) is 4.90 Å². The topological polar surface area (TPSA) is 57.6 Å². The average molecular weight is 319 g/mol. The van der Waals surface area contributed by atoms with Crippen LogP contribution in [-0.2, 0) is 9.59 Å². The molecule has 1 amide bonds. The minimum Gasteiger partial charge on any atom is -0.481 e. The van der Waals surface area contributed by atoms with Crippen LogP contribution < -0.4 is 0 Å². The van der Waals surface area contributed by atoms with Gasteiger partial charge in [-0.15, -0.1) is 0 Å². The minimum atomic E-state index is -0.893. The van der Waals surface area contributed by atoms with Crippen LogP contribution in [0, 0.1) is 17.7 Å². The number of carbonyl (C=O) groups excluding carboxylic acids is 1. The van der Waals surface area contributed by atoms with Crippen LogP contribution in [0.15, 0.2) is 24.3 Å². The van der Waals surface area contributed by atoms with Crippen molar-refractivity contribution in [2.45, 2.75) is 38.0 Å². The Bertz CT molecular complexity index is 580. The monoisotopic (exact) mass is 319 g/mol. The number of carboxylic acid groups (broad SMARTS) is 1. The maximum Gasteiger partial charge on any atom is 0.308 e. The van der Waals surface area contributed by atoms with E-state index in [2.05, 4.69) is 0 Å². The summed E-state index contributed by atoms with van der Waals surface area (Å²) in [5.74, 6) is -1.60. The van der Waals surface area contributed by atoms with Crippen molar-refractivity contribution >= 4 is 11.9 Å². The number of carboxylic acids is 1. The summed E-state index contributed by atoms with van der Waals surface area (Å²) in [4.78, 5) is 25.7. The van der Waals surface area contributed by atoms with Crippen LogP contribution in [0.1, 0.15) is 43.6 Å². The maximum atomic E-state index is 13.1. The van der Waals surface area contributed by atoms with E-state index in [9.17, 15) is 19.1 Å². The second kappa shape index (κ2) is 6.69. The van der Waals surface area contributed by atoms with Crippen LogP contribution in [0.5, 0.6) is 0 Å². The number of carbonyl (C=O) groups is 2. The molecule has 3 rings (SSSR count). The highest BCUT2D eigenvalue weighted by molar-refractivity contribution is 5.79. The summed E-state index contributed by atoms with van der Waals surface area (Å²) < 4.78 is 13.1. The molecule has 124 valence electrons. The van der Waals surface area contributed by atoms with Gasteiger partial charge in [0.2, 0.25) is 5.91 Å². The smallest absolute Gasteiger partial charge is 0.308 e. The normalized spacial score (nSPS) is 25.0. The minimum absolute atomic E-state index is 0.0627. The third-order valence-electron chi connectivity index (χ3n) is 5.23. The summed E-state index contributed by atoms with van der Waals surface area (Å²) >= 11 is 0. The molecule has 1 saturated heterocycles. The number of hydrogen-bond donors (Lipinski definition) is 1. The molecule has 0 radical (unpaired) electrons. The summed E-state index contributed by atoms with van der Waals surface area (Å²) in [6.45, 7) is 0.664. The van der Waals surface area contributed by atoms with Gasteiger partial charge in [-0.25, -0.2) is 4.39 Å². The van der Waals surface area contributed by atoms with Gasteiger partial charge in [-0.2, -0.15) is 0 Å². The van der Waals surface area contributed by atoms with Gasteiger partial charge < -0.3 is 10.0 Å². The van der Waals surface area contributed by atoms with Gasteiger partial charge in [0.15, 0.2) is 0 Å². The molecular formula is C18H22FNO3. The number of aliphatic carboxylic acids is 1. The van der Waals surface area contributed by atoms with E-state index in [4.69, 9.17) is 0 Å². The molecule has 4 nitrogen and oxygen atoms in total. The molecule has 1 heterocycles. The van der Waals surface area contributed by atoms with Crippen LogP contribution in [0.4, 0.5) is 4.39 Å². The molecular weight excluding hydrogens is 297 g/mol. The summed E-state index contributed by atoms with van der Waals surface area (Å²) in [6.07, 6.45) is 5.11. The Morgan fingerprint density at radius 2 is 1.78 bits per heavy atom. The number of likely N-dealkylation sites (tertiary alicyclic amines) is 1. The Labute approximate surface area is 135 Å². The van der Waals surface area contributed by atoms with Gasteiger partial charge in [-0.1, -0.05) is 25.0 Å². The lowest BCUT2D eigenvalue weighted by Crippen LogP contribution is -2.31. The molecule has 2 aliphatic rings. The zero-order chi connectivity index (χ0) is 16.4. The highest BCUT2D eigenvalue weighted by Crippen LogP contribution is 2.35. The van der Waals surface area contributed by atoms with E-state index in [0.717, 1.165) is 18.4 Å². The number of halogens is 1. The second-order valence-corrected chi connectivity index (χ2v) is 6.76.